The molecule has 1 N–H and O–H groups in total. The van der Waals surface area contributed by atoms with Gasteiger partial charge in [0, 0.05) is 24.4 Å². The minimum atomic E-state index is -5.07. The number of ether oxygens (including phenoxy) is 2. The number of para-hydroxylation sites is 1. The molecule has 0 atom stereocenters. The zero-order valence-electron chi connectivity index (χ0n) is 14.1. The molecular formula is C18H13Cl2F3N2O3. The van der Waals surface area contributed by atoms with Crippen LogP contribution in [0.1, 0.15) is 12.0 Å². The van der Waals surface area contributed by atoms with Crippen LogP contribution < -0.4 is 19.7 Å². The summed E-state index contributed by atoms with van der Waals surface area (Å²) in [5.41, 5.74) is 1.42. The molecule has 148 valence electrons. The molecule has 0 radical (unpaired) electrons. The third-order valence-electron chi connectivity index (χ3n) is 4.49. The molecule has 2 aromatic carbocycles. The second kappa shape index (κ2) is 6.63. The normalized spacial score (nSPS) is 17.2. The van der Waals surface area contributed by atoms with E-state index in [2.05, 4.69) is 0 Å². The van der Waals surface area contributed by atoms with E-state index in [1.165, 1.54) is 4.90 Å². The zero-order valence-corrected chi connectivity index (χ0v) is 15.7. The molecule has 0 bridgehead atoms. The van der Waals surface area contributed by atoms with Crippen LogP contribution in [-0.4, -0.2) is 24.7 Å². The van der Waals surface area contributed by atoms with Crippen molar-refractivity contribution in [3.63, 3.8) is 0 Å². The average Bonchev–Trinajstić information content (AvgIpc) is 2.99. The van der Waals surface area contributed by atoms with Gasteiger partial charge in [-0.2, -0.15) is 13.2 Å². The second-order valence-electron chi connectivity index (χ2n) is 6.35. The summed E-state index contributed by atoms with van der Waals surface area (Å²) >= 11 is 11.7. The van der Waals surface area contributed by atoms with Gasteiger partial charge in [-0.25, -0.2) is 4.79 Å². The van der Waals surface area contributed by atoms with Gasteiger partial charge in [-0.15, -0.1) is 0 Å². The Morgan fingerprint density at radius 1 is 1.11 bits per heavy atom. The van der Waals surface area contributed by atoms with Crippen LogP contribution in [0.2, 0.25) is 10.0 Å². The van der Waals surface area contributed by atoms with Crippen LogP contribution in [0, 0.1) is 0 Å². The van der Waals surface area contributed by atoms with Crippen LogP contribution >= 0.6 is 23.2 Å². The number of alkyl halides is 3. The Kier molecular flexibility index (Phi) is 4.50. The van der Waals surface area contributed by atoms with Crippen LogP contribution in [0.15, 0.2) is 36.4 Å². The SMILES string of the molecule is O=C(NC1(C(F)(F)F)Oc2cc(Cl)c(Cl)cc2O1)N1CCCc2ccccc21. The first-order valence-corrected chi connectivity index (χ1v) is 9.07. The summed E-state index contributed by atoms with van der Waals surface area (Å²) in [5.74, 6) is -3.93. The number of fused-ring (bicyclic) bond motifs is 2. The highest BCUT2D eigenvalue weighted by Crippen LogP contribution is 2.48. The van der Waals surface area contributed by atoms with Crippen molar-refractivity contribution in [1.29, 1.82) is 0 Å². The van der Waals surface area contributed by atoms with Crippen molar-refractivity contribution >= 4 is 34.9 Å². The number of anilines is 1. The average molecular weight is 433 g/mol. The van der Waals surface area contributed by atoms with Gasteiger partial charge in [-0.1, -0.05) is 41.4 Å². The predicted molar refractivity (Wildman–Crippen MR) is 97.1 cm³/mol. The molecule has 0 saturated carbocycles. The Morgan fingerprint density at radius 2 is 1.71 bits per heavy atom. The van der Waals surface area contributed by atoms with E-state index >= 15 is 0 Å². The van der Waals surface area contributed by atoms with E-state index < -0.39 is 18.1 Å². The quantitative estimate of drug-likeness (QED) is 0.678. The number of hydrogen-bond donors (Lipinski definition) is 1. The fourth-order valence-corrected chi connectivity index (χ4v) is 3.50. The number of amides is 2. The summed E-state index contributed by atoms with van der Waals surface area (Å²) in [6.45, 7) is 0.265. The molecule has 0 saturated heterocycles. The fourth-order valence-electron chi connectivity index (χ4n) is 3.19. The predicted octanol–water partition coefficient (Wildman–Crippen LogP) is 5.14. The lowest BCUT2D eigenvalue weighted by molar-refractivity contribution is -0.317. The summed E-state index contributed by atoms with van der Waals surface area (Å²) in [6.07, 6.45) is -3.72. The maximum atomic E-state index is 13.9. The van der Waals surface area contributed by atoms with Gasteiger partial charge in [0.05, 0.1) is 10.0 Å². The van der Waals surface area contributed by atoms with Crippen LogP contribution in [-0.2, 0) is 6.42 Å². The lowest BCUT2D eigenvalue weighted by atomic mass is 10.0. The Balaban J connectivity index is 1.65. The Bertz CT molecular complexity index is 921. The van der Waals surface area contributed by atoms with E-state index in [0.29, 0.717) is 12.1 Å². The number of nitrogens with zero attached hydrogens (tertiary/aromatic N) is 1. The summed E-state index contributed by atoms with van der Waals surface area (Å²) in [6, 6.07) is 8.26. The van der Waals surface area contributed by atoms with Gasteiger partial charge in [0.15, 0.2) is 11.5 Å². The monoisotopic (exact) mass is 432 g/mol. The Labute approximate surface area is 167 Å². The van der Waals surface area contributed by atoms with Crippen LogP contribution in [0.5, 0.6) is 11.5 Å². The number of hydrogen-bond acceptors (Lipinski definition) is 3. The smallest absolute Gasteiger partial charge is 0.424 e. The fraction of sp³-hybridized carbons (Fsp3) is 0.278. The third kappa shape index (κ3) is 3.10. The molecular weight excluding hydrogens is 420 g/mol. The Morgan fingerprint density at radius 3 is 2.32 bits per heavy atom. The van der Waals surface area contributed by atoms with Crippen molar-refractivity contribution < 1.29 is 27.4 Å². The third-order valence-corrected chi connectivity index (χ3v) is 5.22. The Hall–Kier alpha value is -2.32. The highest BCUT2D eigenvalue weighted by atomic mass is 35.5. The van der Waals surface area contributed by atoms with Crippen molar-refractivity contribution in [2.75, 3.05) is 11.4 Å². The molecule has 2 aromatic rings. The van der Waals surface area contributed by atoms with Gasteiger partial charge in [-0.3, -0.25) is 10.2 Å². The van der Waals surface area contributed by atoms with Crippen molar-refractivity contribution in [2.45, 2.75) is 24.9 Å². The number of halogens is 5. The molecule has 2 heterocycles. The van der Waals surface area contributed by atoms with E-state index in [0.717, 1.165) is 24.1 Å². The number of carbonyl (C=O) groups is 1. The highest BCUT2D eigenvalue weighted by molar-refractivity contribution is 6.42. The van der Waals surface area contributed by atoms with Crippen molar-refractivity contribution in [1.82, 2.24) is 5.32 Å². The summed E-state index contributed by atoms with van der Waals surface area (Å²) in [5, 5.41) is 1.86. The lowest BCUT2D eigenvalue weighted by Crippen LogP contribution is -2.67. The molecule has 0 aliphatic carbocycles. The van der Waals surface area contributed by atoms with Gasteiger partial charge in [0.25, 0.3) is 0 Å². The van der Waals surface area contributed by atoms with Crippen molar-refractivity contribution in [3.05, 3.63) is 52.0 Å². The molecule has 28 heavy (non-hydrogen) atoms. The van der Waals surface area contributed by atoms with Crippen LogP contribution in [0.4, 0.5) is 23.7 Å². The van der Waals surface area contributed by atoms with E-state index in [1.807, 2.05) is 17.4 Å². The number of rotatable bonds is 1. The molecule has 0 unspecified atom stereocenters. The van der Waals surface area contributed by atoms with Gasteiger partial charge >= 0.3 is 18.1 Å². The maximum absolute atomic E-state index is 13.9. The van der Waals surface area contributed by atoms with E-state index in [-0.39, 0.29) is 28.1 Å². The first-order valence-electron chi connectivity index (χ1n) is 8.31. The number of benzene rings is 2. The maximum Gasteiger partial charge on any atom is 0.492 e. The van der Waals surface area contributed by atoms with Crippen LogP contribution in [0.3, 0.4) is 0 Å². The van der Waals surface area contributed by atoms with Gasteiger partial charge in [0.2, 0.25) is 0 Å². The molecule has 2 aliphatic heterocycles. The van der Waals surface area contributed by atoms with Crippen molar-refractivity contribution in [3.8, 4) is 11.5 Å². The second-order valence-corrected chi connectivity index (χ2v) is 7.16. The summed E-state index contributed by atoms with van der Waals surface area (Å²) < 4.78 is 51.6. The van der Waals surface area contributed by atoms with E-state index in [9.17, 15) is 18.0 Å². The number of carbonyl (C=O) groups excluding carboxylic acids is 1. The van der Waals surface area contributed by atoms with Crippen LogP contribution in [0.25, 0.3) is 0 Å². The minimum Gasteiger partial charge on any atom is -0.424 e. The molecule has 5 nitrogen and oxygen atoms in total. The number of urea groups is 1. The summed E-state index contributed by atoms with van der Waals surface area (Å²) in [7, 11) is 0. The molecule has 2 amide bonds. The minimum absolute atomic E-state index is 0.00160. The first-order chi connectivity index (χ1) is 13.2. The standard InChI is InChI=1S/C18H13Cl2F3N2O3/c19-11-8-14-15(9-12(11)20)28-18(27-14,17(21,22)23)24-16(26)25-7-3-5-10-4-1-2-6-13(10)25/h1-2,4,6,8-9H,3,5,7H2,(H,24,26). The van der Waals surface area contributed by atoms with Gasteiger partial charge in [-0.05, 0) is 24.5 Å². The molecule has 0 spiro atoms. The zero-order chi connectivity index (χ0) is 20.1. The van der Waals surface area contributed by atoms with Gasteiger partial charge in [0.1, 0.15) is 0 Å². The van der Waals surface area contributed by atoms with Crippen molar-refractivity contribution in [2.24, 2.45) is 0 Å². The first kappa shape index (κ1) is 19.0. The molecule has 0 fully saturated rings. The topological polar surface area (TPSA) is 50.8 Å². The number of aryl methyl sites for hydroxylation is 1. The van der Waals surface area contributed by atoms with E-state index in [1.54, 1.807) is 12.1 Å². The molecule has 2 aliphatic rings. The summed E-state index contributed by atoms with van der Waals surface area (Å²) in [4.78, 5) is 14.0. The molecule has 10 heteroatoms. The number of nitrogens with one attached hydrogen (secondary N) is 1. The lowest BCUT2D eigenvalue weighted by Gasteiger charge is -2.34. The van der Waals surface area contributed by atoms with E-state index in [4.69, 9.17) is 32.7 Å². The largest absolute Gasteiger partial charge is 0.492 e. The van der Waals surface area contributed by atoms with Gasteiger partial charge < -0.3 is 9.47 Å². The highest BCUT2D eigenvalue weighted by Gasteiger charge is 2.66. The molecule has 4 rings (SSSR count). The molecule has 0 aromatic heterocycles.